The first-order valence-corrected chi connectivity index (χ1v) is 6.56. The average Bonchev–Trinajstić information content (AvgIpc) is 2.37. The van der Waals surface area contributed by atoms with Crippen molar-refractivity contribution in [2.75, 3.05) is 19.6 Å². The van der Waals surface area contributed by atoms with Crippen LogP contribution in [-0.2, 0) is 14.4 Å². The van der Waals surface area contributed by atoms with Gasteiger partial charge in [-0.25, -0.2) is 0 Å². The standard InChI is InChI=1S/C12H22N4O3/c1-2-15-11(18)8-3-5-16(6-4-8)12(19)9(13)7-10(14)17/h8-9H,2-7,13H2,1H3,(H2,14,17)(H,15,18). The summed E-state index contributed by atoms with van der Waals surface area (Å²) < 4.78 is 0. The second-order valence-electron chi connectivity index (χ2n) is 4.77. The van der Waals surface area contributed by atoms with Gasteiger partial charge in [-0.1, -0.05) is 0 Å². The zero-order chi connectivity index (χ0) is 14.4. The summed E-state index contributed by atoms with van der Waals surface area (Å²) in [5.74, 6) is -0.862. The number of carbonyl (C=O) groups excluding carboxylic acids is 3. The fraction of sp³-hybridized carbons (Fsp3) is 0.750. The number of nitrogens with zero attached hydrogens (tertiary/aromatic N) is 1. The Bertz CT molecular complexity index is 351. The van der Waals surface area contributed by atoms with Gasteiger partial charge in [0, 0.05) is 25.6 Å². The second-order valence-corrected chi connectivity index (χ2v) is 4.77. The number of nitrogens with two attached hydrogens (primary N) is 2. The minimum absolute atomic E-state index is 0.0380. The van der Waals surface area contributed by atoms with E-state index >= 15 is 0 Å². The molecule has 1 atom stereocenters. The Labute approximate surface area is 112 Å². The maximum absolute atomic E-state index is 11.9. The minimum atomic E-state index is -0.876. The molecule has 1 aliphatic rings. The molecule has 1 unspecified atom stereocenters. The van der Waals surface area contributed by atoms with E-state index in [0.717, 1.165) is 0 Å². The van der Waals surface area contributed by atoms with Crippen LogP contribution >= 0.6 is 0 Å². The fourth-order valence-electron chi connectivity index (χ4n) is 2.22. The van der Waals surface area contributed by atoms with Crippen LogP contribution in [0.2, 0.25) is 0 Å². The van der Waals surface area contributed by atoms with Crippen LogP contribution in [0.15, 0.2) is 0 Å². The van der Waals surface area contributed by atoms with Gasteiger partial charge in [-0.05, 0) is 19.8 Å². The lowest BCUT2D eigenvalue weighted by molar-refractivity contribution is -0.137. The molecule has 1 aliphatic heterocycles. The van der Waals surface area contributed by atoms with E-state index in [2.05, 4.69) is 5.32 Å². The van der Waals surface area contributed by atoms with E-state index in [0.29, 0.717) is 32.5 Å². The van der Waals surface area contributed by atoms with Crippen LogP contribution in [0.4, 0.5) is 0 Å². The smallest absolute Gasteiger partial charge is 0.240 e. The Hall–Kier alpha value is -1.63. The number of piperidine rings is 1. The maximum atomic E-state index is 11.9. The van der Waals surface area contributed by atoms with Gasteiger partial charge in [0.2, 0.25) is 17.7 Å². The Kier molecular flexibility index (Phi) is 5.75. The highest BCUT2D eigenvalue weighted by Crippen LogP contribution is 2.18. The molecule has 0 aromatic carbocycles. The number of rotatable bonds is 5. The molecule has 1 rings (SSSR count). The molecule has 0 saturated carbocycles. The Morgan fingerprint density at radius 3 is 2.37 bits per heavy atom. The minimum Gasteiger partial charge on any atom is -0.370 e. The first kappa shape index (κ1) is 15.4. The first-order valence-electron chi connectivity index (χ1n) is 6.56. The quantitative estimate of drug-likeness (QED) is 0.567. The molecule has 108 valence electrons. The van der Waals surface area contributed by atoms with E-state index in [4.69, 9.17) is 11.5 Å². The molecule has 0 spiro atoms. The highest BCUT2D eigenvalue weighted by atomic mass is 16.2. The van der Waals surface area contributed by atoms with Crippen LogP contribution in [0, 0.1) is 5.92 Å². The number of likely N-dealkylation sites (tertiary alicyclic amines) is 1. The molecule has 0 aliphatic carbocycles. The van der Waals surface area contributed by atoms with Crippen LogP contribution in [0.3, 0.4) is 0 Å². The van der Waals surface area contributed by atoms with Gasteiger partial charge in [0.25, 0.3) is 0 Å². The zero-order valence-corrected chi connectivity index (χ0v) is 11.2. The van der Waals surface area contributed by atoms with Crippen molar-refractivity contribution in [2.45, 2.75) is 32.2 Å². The van der Waals surface area contributed by atoms with Crippen molar-refractivity contribution in [3.63, 3.8) is 0 Å². The number of carbonyl (C=O) groups is 3. The monoisotopic (exact) mass is 270 g/mol. The molecule has 3 amide bonds. The van der Waals surface area contributed by atoms with Crippen LogP contribution in [-0.4, -0.2) is 48.3 Å². The summed E-state index contributed by atoms with van der Waals surface area (Å²) in [5, 5.41) is 2.78. The van der Waals surface area contributed by atoms with Crippen LogP contribution in [0.1, 0.15) is 26.2 Å². The lowest BCUT2D eigenvalue weighted by atomic mass is 9.95. The second kappa shape index (κ2) is 7.08. The van der Waals surface area contributed by atoms with Crippen molar-refractivity contribution in [3.05, 3.63) is 0 Å². The van der Waals surface area contributed by atoms with Gasteiger partial charge in [-0.3, -0.25) is 14.4 Å². The summed E-state index contributed by atoms with van der Waals surface area (Å²) in [6, 6.07) is -0.876. The van der Waals surface area contributed by atoms with Gasteiger partial charge in [-0.2, -0.15) is 0 Å². The fourth-order valence-corrected chi connectivity index (χ4v) is 2.22. The van der Waals surface area contributed by atoms with E-state index in [1.807, 2.05) is 6.92 Å². The van der Waals surface area contributed by atoms with Gasteiger partial charge in [0.05, 0.1) is 12.5 Å². The van der Waals surface area contributed by atoms with Gasteiger partial charge >= 0.3 is 0 Å². The Balaban J connectivity index is 2.43. The summed E-state index contributed by atoms with van der Waals surface area (Å²) in [4.78, 5) is 35.9. The molecule has 1 heterocycles. The van der Waals surface area contributed by atoms with E-state index in [9.17, 15) is 14.4 Å². The SMILES string of the molecule is CCNC(=O)C1CCN(C(=O)C(N)CC(N)=O)CC1. The molecule has 0 bridgehead atoms. The third kappa shape index (κ3) is 4.51. The summed E-state index contributed by atoms with van der Waals surface area (Å²) in [6.45, 7) is 3.47. The molecule has 19 heavy (non-hydrogen) atoms. The van der Waals surface area contributed by atoms with E-state index in [-0.39, 0.29) is 24.2 Å². The van der Waals surface area contributed by atoms with Crippen molar-refractivity contribution >= 4 is 17.7 Å². The van der Waals surface area contributed by atoms with E-state index in [1.165, 1.54) is 0 Å². The van der Waals surface area contributed by atoms with Gasteiger partial charge < -0.3 is 21.7 Å². The van der Waals surface area contributed by atoms with Crippen molar-refractivity contribution in [2.24, 2.45) is 17.4 Å². The lowest BCUT2D eigenvalue weighted by Crippen LogP contribution is -2.49. The molecule has 0 radical (unpaired) electrons. The third-order valence-electron chi connectivity index (χ3n) is 3.27. The van der Waals surface area contributed by atoms with Crippen LogP contribution < -0.4 is 16.8 Å². The van der Waals surface area contributed by atoms with Crippen LogP contribution in [0.25, 0.3) is 0 Å². The third-order valence-corrected chi connectivity index (χ3v) is 3.27. The van der Waals surface area contributed by atoms with Crippen molar-refractivity contribution < 1.29 is 14.4 Å². The molecule has 0 aromatic rings. The molecule has 7 nitrogen and oxygen atoms in total. The number of nitrogens with one attached hydrogen (secondary N) is 1. The van der Waals surface area contributed by atoms with Crippen molar-refractivity contribution in [1.29, 1.82) is 0 Å². The summed E-state index contributed by atoms with van der Waals surface area (Å²) in [5.41, 5.74) is 10.6. The Morgan fingerprint density at radius 2 is 1.89 bits per heavy atom. The Morgan fingerprint density at radius 1 is 1.32 bits per heavy atom. The van der Waals surface area contributed by atoms with Crippen LogP contribution in [0.5, 0.6) is 0 Å². The number of amides is 3. The normalized spacial score (nSPS) is 17.9. The number of primary amides is 1. The first-order chi connectivity index (χ1) is 8.95. The topological polar surface area (TPSA) is 119 Å². The zero-order valence-electron chi connectivity index (χ0n) is 11.2. The van der Waals surface area contributed by atoms with E-state index in [1.54, 1.807) is 4.90 Å². The maximum Gasteiger partial charge on any atom is 0.240 e. The molecule has 1 saturated heterocycles. The molecule has 1 fully saturated rings. The van der Waals surface area contributed by atoms with Gasteiger partial charge in [0.1, 0.15) is 0 Å². The summed E-state index contributed by atoms with van der Waals surface area (Å²) in [7, 11) is 0. The van der Waals surface area contributed by atoms with Crippen molar-refractivity contribution in [3.8, 4) is 0 Å². The highest BCUT2D eigenvalue weighted by Gasteiger charge is 2.29. The van der Waals surface area contributed by atoms with E-state index < -0.39 is 11.9 Å². The molecule has 0 aromatic heterocycles. The summed E-state index contributed by atoms with van der Waals surface area (Å²) in [6.07, 6.45) is 1.11. The highest BCUT2D eigenvalue weighted by molar-refractivity contribution is 5.87. The van der Waals surface area contributed by atoms with Gasteiger partial charge in [0.15, 0.2) is 0 Å². The molecular weight excluding hydrogens is 248 g/mol. The molecule has 5 N–H and O–H groups in total. The molecule has 7 heteroatoms. The van der Waals surface area contributed by atoms with Crippen molar-refractivity contribution in [1.82, 2.24) is 10.2 Å². The number of hydrogen-bond donors (Lipinski definition) is 3. The predicted molar refractivity (Wildman–Crippen MR) is 69.8 cm³/mol. The largest absolute Gasteiger partial charge is 0.370 e. The summed E-state index contributed by atoms with van der Waals surface area (Å²) >= 11 is 0. The average molecular weight is 270 g/mol. The lowest BCUT2D eigenvalue weighted by Gasteiger charge is -2.32. The predicted octanol–water partition coefficient (Wildman–Crippen LogP) is -1.44. The molecular formula is C12H22N4O3. The number of hydrogen-bond acceptors (Lipinski definition) is 4. The van der Waals surface area contributed by atoms with Gasteiger partial charge in [-0.15, -0.1) is 0 Å².